The van der Waals surface area contributed by atoms with Crippen molar-refractivity contribution in [2.45, 2.75) is 26.2 Å². The minimum atomic E-state index is -0.346. The Kier molecular flexibility index (Phi) is 6.69. The molecular weight excluding hydrogens is 264 g/mol. The number of ether oxygens (including phenoxy) is 1. The molecule has 0 aliphatic carbocycles. The number of benzene rings is 1. The Hall–Kier alpha value is -1.55. The van der Waals surface area contributed by atoms with Gasteiger partial charge in [0.05, 0.1) is 0 Å². The van der Waals surface area contributed by atoms with Crippen LogP contribution in [0.3, 0.4) is 0 Å². The van der Waals surface area contributed by atoms with Crippen LogP contribution >= 0.6 is 0 Å². The number of amides is 1. The molecule has 0 unspecified atom stereocenters. The first kappa shape index (κ1) is 17.5. The van der Waals surface area contributed by atoms with Crippen molar-refractivity contribution in [2.75, 3.05) is 34.7 Å². The van der Waals surface area contributed by atoms with E-state index in [2.05, 4.69) is 38.9 Å². The van der Waals surface area contributed by atoms with Gasteiger partial charge in [-0.05, 0) is 50.0 Å². The molecule has 0 heterocycles. The highest BCUT2D eigenvalue weighted by atomic mass is 16.6. The quantitative estimate of drug-likeness (QED) is 0.805. The van der Waals surface area contributed by atoms with E-state index in [1.165, 1.54) is 10.5 Å². The molecule has 0 radical (unpaired) electrons. The van der Waals surface area contributed by atoms with Gasteiger partial charge in [0.2, 0.25) is 0 Å². The fraction of sp³-hybridized carbons (Fsp3) is 0.588. The standard InChI is InChI=1S/C17H28N2O2/c1-7-16(13(2)12-18(3)4)14-9-8-10-15(11-14)21-17(20)19(5)6/h8-11,13,16H,7,12H2,1-6H3/t13-,16+/m0/s1. The summed E-state index contributed by atoms with van der Waals surface area (Å²) < 4.78 is 5.35. The van der Waals surface area contributed by atoms with Crippen LogP contribution in [-0.2, 0) is 0 Å². The summed E-state index contributed by atoms with van der Waals surface area (Å²) in [5.41, 5.74) is 1.23. The van der Waals surface area contributed by atoms with Gasteiger partial charge in [0.15, 0.2) is 0 Å². The van der Waals surface area contributed by atoms with Gasteiger partial charge >= 0.3 is 6.09 Å². The predicted octanol–water partition coefficient (Wildman–Crippen LogP) is 3.44. The summed E-state index contributed by atoms with van der Waals surface area (Å²) in [5.74, 6) is 1.62. The third-order valence-electron chi connectivity index (χ3n) is 3.64. The summed E-state index contributed by atoms with van der Waals surface area (Å²) in [5, 5.41) is 0. The fourth-order valence-corrected chi connectivity index (χ4v) is 2.67. The molecular formula is C17H28N2O2. The highest BCUT2D eigenvalue weighted by Gasteiger charge is 2.19. The summed E-state index contributed by atoms with van der Waals surface area (Å²) in [6.45, 7) is 5.52. The van der Waals surface area contributed by atoms with E-state index in [1.807, 2.05) is 18.2 Å². The molecule has 0 aliphatic heterocycles. The van der Waals surface area contributed by atoms with Crippen LogP contribution in [0.1, 0.15) is 31.7 Å². The number of hydrogen-bond donors (Lipinski definition) is 0. The van der Waals surface area contributed by atoms with Crippen LogP contribution < -0.4 is 4.74 Å². The van der Waals surface area contributed by atoms with Gasteiger partial charge in [-0.25, -0.2) is 4.79 Å². The zero-order valence-corrected chi connectivity index (χ0v) is 14.1. The van der Waals surface area contributed by atoms with E-state index < -0.39 is 0 Å². The average molecular weight is 292 g/mol. The lowest BCUT2D eigenvalue weighted by Gasteiger charge is -2.26. The SMILES string of the molecule is CC[C@@H](c1cccc(OC(=O)N(C)C)c1)[C@@H](C)CN(C)C. The molecule has 4 heteroatoms. The molecule has 0 spiro atoms. The van der Waals surface area contributed by atoms with Gasteiger partial charge in [0.25, 0.3) is 0 Å². The Morgan fingerprint density at radius 1 is 1.24 bits per heavy atom. The molecule has 1 aromatic carbocycles. The first-order valence-corrected chi connectivity index (χ1v) is 7.49. The molecule has 1 rings (SSSR count). The Labute approximate surface area is 128 Å². The van der Waals surface area contributed by atoms with E-state index in [-0.39, 0.29) is 6.09 Å². The summed E-state index contributed by atoms with van der Waals surface area (Å²) >= 11 is 0. The number of carbonyl (C=O) groups is 1. The molecule has 0 bridgehead atoms. The maximum atomic E-state index is 11.6. The molecule has 4 nitrogen and oxygen atoms in total. The highest BCUT2D eigenvalue weighted by Crippen LogP contribution is 2.30. The second-order valence-corrected chi connectivity index (χ2v) is 6.09. The molecule has 118 valence electrons. The molecule has 0 aliphatic rings. The van der Waals surface area contributed by atoms with Gasteiger partial charge in [-0.3, -0.25) is 0 Å². The molecule has 21 heavy (non-hydrogen) atoms. The average Bonchev–Trinajstić information content (AvgIpc) is 2.38. The zero-order chi connectivity index (χ0) is 16.0. The first-order valence-electron chi connectivity index (χ1n) is 7.49. The molecule has 0 aromatic heterocycles. The normalized spacial score (nSPS) is 13.9. The van der Waals surface area contributed by atoms with Gasteiger partial charge in [-0.1, -0.05) is 26.0 Å². The van der Waals surface area contributed by atoms with Crippen molar-refractivity contribution in [3.8, 4) is 5.75 Å². The third-order valence-corrected chi connectivity index (χ3v) is 3.64. The van der Waals surface area contributed by atoms with E-state index in [1.54, 1.807) is 14.1 Å². The van der Waals surface area contributed by atoms with E-state index in [0.29, 0.717) is 17.6 Å². The molecule has 0 saturated heterocycles. The lowest BCUT2D eigenvalue weighted by Crippen LogP contribution is -2.26. The molecule has 1 amide bonds. The van der Waals surface area contributed by atoms with E-state index in [4.69, 9.17) is 4.74 Å². The second-order valence-electron chi connectivity index (χ2n) is 6.09. The minimum Gasteiger partial charge on any atom is -0.410 e. The summed E-state index contributed by atoms with van der Waals surface area (Å²) in [4.78, 5) is 15.3. The van der Waals surface area contributed by atoms with Crippen LogP contribution in [-0.4, -0.2) is 50.6 Å². The monoisotopic (exact) mass is 292 g/mol. The van der Waals surface area contributed by atoms with Crippen LogP contribution in [0.2, 0.25) is 0 Å². The van der Waals surface area contributed by atoms with Crippen molar-refractivity contribution >= 4 is 6.09 Å². The third kappa shape index (κ3) is 5.38. The number of hydrogen-bond acceptors (Lipinski definition) is 3. The van der Waals surface area contributed by atoms with Crippen LogP contribution in [0.15, 0.2) is 24.3 Å². The molecule has 1 aromatic rings. The van der Waals surface area contributed by atoms with Crippen molar-refractivity contribution in [1.82, 2.24) is 9.80 Å². The highest BCUT2D eigenvalue weighted by molar-refractivity contribution is 5.70. The van der Waals surface area contributed by atoms with Crippen molar-refractivity contribution in [2.24, 2.45) is 5.92 Å². The van der Waals surface area contributed by atoms with E-state index in [0.717, 1.165) is 13.0 Å². The zero-order valence-electron chi connectivity index (χ0n) is 14.1. The Balaban J connectivity index is 2.88. The van der Waals surface area contributed by atoms with Gasteiger partial charge < -0.3 is 14.5 Å². The van der Waals surface area contributed by atoms with E-state index >= 15 is 0 Å². The molecule has 2 atom stereocenters. The minimum absolute atomic E-state index is 0.346. The number of nitrogens with zero attached hydrogens (tertiary/aromatic N) is 2. The second kappa shape index (κ2) is 8.03. The van der Waals surface area contributed by atoms with Gasteiger partial charge in [-0.15, -0.1) is 0 Å². The lowest BCUT2D eigenvalue weighted by molar-refractivity contribution is 0.172. The molecule has 0 saturated carbocycles. The topological polar surface area (TPSA) is 32.8 Å². The summed E-state index contributed by atoms with van der Waals surface area (Å²) in [6, 6.07) is 7.89. The van der Waals surface area contributed by atoms with Gasteiger partial charge in [-0.2, -0.15) is 0 Å². The van der Waals surface area contributed by atoms with Crippen molar-refractivity contribution < 1.29 is 9.53 Å². The van der Waals surface area contributed by atoms with Crippen molar-refractivity contribution in [3.05, 3.63) is 29.8 Å². The van der Waals surface area contributed by atoms with Gasteiger partial charge in [0, 0.05) is 20.6 Å². The van der Waals surface area contributed by atoms with Crippen LogP contribution in [0.4, 0.5) is 4.79 Å². The Morgan fingerprint density at radius 2 is 1.90 bits per heavy atom. The Morgan fingerprint density at radius 3 is 2.43 bits per heavy atom. The summed E-state index contributed by atoms with van der Waals surface area (Å²) in [6.07, 6.45) is 0.724. The van der Waals surface area contributed by atoms with Crippen molar-refractivity contribution in [1.29, 1.82) is 0 Å². The largest absolute Gasteiger partial charge is 0.414 e. The maximum Gasteiger partial charge on any atom is 0.414 e. The predicted molar refractivity (Wildman–Crippen MR) is 86.9 cm³/mol. The van der Waals surface area contributed by atoms with Crippen LogP contribution in [0.25, 0.3) is 0 Å². The smallest absolute Gasteiger partial charge is 0.410 e. The van der Waals surface area contributed by atoms with E-state index in [9.17, 15) is 4.79 Å². The maximum absolute atomic E-state index is 11.6. The van der Waals surface area contributed by atoms with Crippen LogP contribution in [0.5, 0.6) is 5.75 Å². The fourth-order valence-electron chi connectivity index (χ4n) is 2.67. The first-order chi connectivity index (χ1) is 9.85. The lowest BCUT2D eigenvalue weighted by atomic mass is 9.85. The number of rotatable bonds is 6. The molecule has 0 fully saturated rings. The Bertz CT molecular complexity index is 458. The summed E-state index contributed by atoms with van der Waals surface area (Å²) in [7, 11) is 7.55. The van der Waals surface area contributed by atoms with Crippen LogP contribution in [0, 0.1) is 5.92 Å². The number of carbonyl (C=O) groups excluding carboxylic acids is 1. The van der Waals surface area contributed by atoms with Gasteiger partial charge in [0.1, 0.15) is 5.75 Å². The molecule has 0 N–H and O–H groups in total. The van der Waals surface area contributed by atoms with Crippen molar-refractivity contribution in [3.63, 3.8) is 0 Å².